The summed E-state index contributed by atoms with van der Waals surface area (Å²) < 4.78 is 4.94. The number of benzene rings is 2. The largest absolute Gasteiger partial charge is 1.00 e. The minimum atomic E-state index is -1.42. The van der Waals surface area contributed by atoms with Gasteiger partial charge in [-0.1, -0.05) is 99.9 Å². The molecular formula is C26H36LiOPSi2. The zero-order chi connectivity index (χ0) is 21.8. The van der Waals surface area contributed by atoms with Gasteiger partial charge in [0.1, 0.15) is 0 Å². The van der Waals surface area contributed by atoms with E-state index < -0.39 is 16.1 Å². The van der Waals surface area contributed by atoms with Crippen molar-refractivity contribution in [2.24, 2.45) is 0 Å². The van der Waals surface area contributed by atoms with Crippen LogP contribution in [-0.4, -0.2) is 29.4 Å². The fourth-order valence-electron chi connectivity index (χ4n) is 3.83. The molecule has 1 fully saturated rings. The summed E-state index contributed by atoms with van der Waals surface area (Å²) in [5, 5.41) is 0. The number of rotatable bonds is 4. The van der Waals surface area contributed by atoms with E-state index in [0.29, 0.717) is 0 Å². The van der Waals surface area contributed by atoms with Crippen molar-refractivity contribution in [3.05, 3.63) is 60.7 Å². The molecule has 0 radical (unpaired) electrons. The SMILES string of the molecule is C1CCOC1.C[Si](C)(C)c1[p-]c([Si](C)(C)C)c(-c2ccccc2)c1-c1ccccc1.[Li+]. The molecule has 160 valence electrons. The van der Waals surface area contributed by atoms with Crippen molar-refractivity contribution >= 4 is 34.2 Å². The van der Waals surface area contributed by atoms with Gasteiger partial charge in [-0.3, -0.25) is 0 Å². The standard InChI is InChI=1S/C22H28PSi2.C4H8O.Li/c1-24(2,3)21-19(17-13-9-7-10-14-17)20(18-15-11-8-12-16-18)22(23-21)25(4,5)6;1-2-4-5-3-1;/h7-16H,1-6H3;1-4H2;/q-1;;+1. The summed E-state index contributed by atoms with van der Waals surface area (Å²) in [6.07, 6.45) is 2.56. The van der Waals surface area contributed by atoms with Crippen molar-refractivity contribution in [2.45, 2.75) is 52.1 Å². The molecule has 0 unspecified atom stereocenters. The quantitative estimate of drug-likeness (QED) is 0.532. The van der Waals surface area contributed by atoms with Gasteiger partial charge >= 0.3 is 18.9 Å². The molecule has 0 atom stereocenters. The first-order chi connectivity index (χ1) is 14.2. The van der Waals surface area contributed by atoms with Gasteiger partial charge in [-0.15, -0.1) is 0 Å². The van der Waals surface area contributed by atoms with Crippen LogP contribution in [-0.2, 0) is 4.74 Å². The van der Waals surface area contributed by atoms with Gasteiger partial charge < -0.3 is 12.9 Å². The molecule has 0 amide bonds. The van der Waals surface area contributed by atoms with E-state index in [4.69, 9.17) is 4.74 Å². The molecule has 0 saturated carbocycles. The van der Waals surface area contributed by atoms with Crippen LogP contribution in [0.2, 0.25) is 39.3 Å². The van der Waals surface area contributed by atoms with Crippen LogP contribution in [0.15, 0.2) is 60.7 Å². The van der Waals surface area contributed by atoms with Crippen LogP contribution in [0.25, 0.3) is 22.3 Å². The third kappa shape index (κ3) is 6.85. The average molecular weight is 459 g/mol. The molecule has 5 heteroatoms. The topological polar surface area (TPSA) is 9.23 Å². The molecule has 2 heterocycles. The molecular weight excluding hydrogens is 422 g/mol. The van der Waals surface area contributed by atoms with Gasteiger partial charge in [-0.2, -0.15) is 0 Å². The second-order valence-electron chi connectivity index (χ2n) is 10.1. The number of ether oxygens (including phenoxy) is 1. The van der Waals surface area contributed by atoms with Gasteiger partial charge in [0, 0.05) is 29.4 Å². The van der Waals surface area contributed by atoms with E-state index in [9.17, 15) is 0 Å². The minimum Gasteiger partial charge on any atom is -0.532 e. The smallest absolute Gasteiger partial charge is 0.532 e. The normalized spacial score (nSPS) is 13.9. The summed E-state index contributed by atoms with van der Waals surface area (Å²) in [7, 11) is -1.33. The maximum absolute atomic E-state index is 4.94. The Labute approximate surface area is 205 Å². The molecule has 3 aromatic rings. The first-order valence-electron chi connectivity index (χ1n) is 11.1. The predicted molar refractivity (Wildman–Crippen MR) is 141 cm³/mol. The van der Waals surface area contributed by atoms with Crippen molar-refractivity contribution in [3.8, 4) is 22.3 Å². The molecule has 2 aromatic carbocycles. The molecule has 0 aliphatic carbocycles. The van der Waals surface area contributed by atoms with Crippen LogP contribution in [0, 0.1) is 0 Å². The zero-order valence-electron chi connectivity index (χ0n) is 20.5. The van der Waals surface area contributed by atoms with Gasteiger partial charge in [0.05, 0.1) is 0 Å². The predicted octanol–water partition coefficient (Wildman–Crippen LogP) is 4.21. The molecule has 31 heavy (non-hydrogen) atoms. The van der Waals surface area contributed by atoms with E-state index in [2.05, 4.69) is 99.9 Å². The molecule has 4 rings (SSSR count). The van der Waals surface area contributed by atoms with Gasteiger partial charge in [0.15, 0.2) is 0 Å². The van der Waals surface area contributed by atoms with Crippen molar-refractivity contribution in [3.63, 3.8) is 0 Å². The fourth-order valence-corrected chi connectivity index (χ4v) is 10.5. The second-order valence-corrected chi connectivity index (χ2v) is 22.1. The second kappa shape index (κ2) is 11.4. The van der Waals surface area contributed by atoms with E-state index in [1.807, 2.05) is 0 Å². The van der Waals surface area contributed by atoms with Crippen LogP contribution >= 0.6 is 8.19 Å². The van der Waals surface area contributed by atoms with Crippen LogP contribution in [0.5, 0.6) is 0 Å². The Morgan fingerprint density at radius 1 is 0.613 bits per heavy atom. The number of hydrogen-bond acceptors (Lipinski definition) is 1. The van der Waals surface area contributed by atoms with E-state index >= 15 is 0 Å². The Kier molecular flexibility index (Phi) is 9.71. The van der Waals surface area contributed by atoms with E-state index in [1.165, 1.54) is 43.3 Å². The van der Waals surface area contributed by atoms with Crippen LogP contribution in [0.1, 0.15) is 12.8 Å². The average Bonchev–Trinajstić information content (AvgIpc) is 3.40. The zero-order valence-corrected chi connectivity index (χ0v) is 23.4. The molecule has 1 aromatic heterocycles. The summed E-state index contributed by atoms with van der Waals surface area (Å²) >= 11 is 0. The Morgan fingerprint density at radius 3 is 1.23 bits per heavy atom. The molecule has 0 N–H and O–H groups in total. The van der Waals surface area contributed by atoms with E-state index in [1.54, 1.807) is 9.84 Å². The van der Waals surface area contributed by atoms with E-state index in [-0.39, 0.29) is 18.9 Å². The fraction of sp³-hybridized carbons (Fsp3) is 0.385. The van der Waals surface area contributed by atoms with Crippen LogP contribution < -0.4 is 28.7 Å². The maximum atomic E-state index is 4.94. The Morgan fingerprint density at radius 2 is 0.968 bits per heavy atom. The summed E-state index contributed by atoms with van der Waals surface area (Å²) in [5.41, 5.74) is 5.84. The van der Waals surface area contributed by atoms with Gasteiger partial charge in [0.2, 0.25) is 0 Å². The summed E-state index contributed by atoms with van der Waals surface area (Å²) in [6, 6.07) is 22.1. The monoisotopic (exact) mass is 458 g/mol. The molecule has 1 saturated heterocycles. The minimum absolute atomic E-state index is 0. The first-order valence-corrected chi connectivity index (χ1v) is 19.0. The van der Waals surface area contributed by atoms with Crippen molar-refractivity contribution in [1.82, 2.24) is 0 Å². The van der Waals surface area contributed by atoms with E-state index in [0.717, 1.165) is 13.2 Å². The Hall–Kier alpha value is -0.789. The van der Waals surface area contributed by atoms with Crippen LogP contribution in [0.3, 0.4) is 0 Å². The first kappa shape index (κ1) is 26.5. The van der Waals surface area contributed by atoms with Crippen molar-refractivity contribution in [2.75, 3.05) is 13.2 Å². The molecule has 1 aliphatic heterocycles. The molecule has 1 aliphatic rings. The maximum Gasteiger partial charge on any atom is 1.00 e. The van der Waals surface area contributed by atoms with Crippen LogP contribution in [0.4, 0.5) is 0 Å². The number of hydrogen-bond donors (Lipinski definition) is 0. The summed E-state index contributed by atoms with van der Waals surface area (Å²) in [5.74, 6) is 0. The van der Waals surface area contributed by atoms with Crippen molar-refractivity contribution in [1.29, 1.82) is 0 Å². The third-order valence-electron chi connectivity index (χ3n) is 5.32. The van der Waals surface area contributed by atoms with Gasteiger partial charge in [-0.05, 0) is 35.1 Å². The van der Waals surface area contributed by atoms with Gasteiger partial charge in [-0.25, -0.2) is 9.84 Å². The Balaban J connectivity index is 0.000000501. The van der Waals surface area contributed by atoms with Crippen molar-refractivity contribution < 1.29 is 23.6 Å². The molecule has 0 spiro atoms. The Bertz CT molecular complexity index is 858. The molecule has 1 nitrogen and oxygen atoms in total. The summed E-state index contributed by atoms with van der Waals surface area (Å²) in [6.45, 7) is 17.0. The molecule has 0 bridgehead atoms. The van der Waals surface area contributed by atoms with Gasteiger partial charge in [0.25, 0.3) is 0 Å². The summed E-state index contributed by atoms with van der Waals surface area (Å²) in [4.78, 5) is 3.41. The third-order valence-corrected chi connectivity index (χ3v) is 14.3.